The Morgan fingerprint density at radius 2 is 1.93 bits per heavy atom. The highest BCUT2D eigenvalue weighted by Gasteiger charge is 2.31. The fraction of sp³-hybridized carbons (Fsp3) is 0.667. The molecule has 1 aliphatic carbocycles. The Labute approximate surface area is 182 Å². The third kappa shape index (κ3) is 6.46. The van der Waals surface area contributed by atoms with Crippen LogP contribution in [0.5, 0.6) is 0 Å². The minimum atomic E-state index is 0.260. The fourth-order valence-corrected chi connectivity index (χ4v) is 4.50. The van der Waals surface area contributed by atoms with Crippen LogP contribution in [0.2, 0.25) is 0 Å². The Balaban J connectivity index is 1.40. The zero-order chi connectivity index (χ0) is 21.3. The quantitative estimate of drug-likeness (QED) is 0.533. The van der Waals surface area contributed by atoms with E-state index < -0.39 is 0 Å². The largest absolute Gasteiger partial charge is 0.355 e. The lowest BCUT2D eigenvalue weighted by molar-refractivity contribution is -0.135. The van der Waals surface area contributed by atoms with Crippen LogP contribution in [-0.2, 0) is 11.3 Å². The molecule has 2 aliphatic rings. The van der Waals surface area contributed by atoms with Crippen LogP contribution < -0.4 is 10.6 Å². The van der Waals surface area contributed by atoms with Crippen LogP contribution in [-0.4, -0.2) is 67.5 Å². The number of likely N-dealkylation sites (tertiary alicyclic amines) is 1. The van der Waals surface area contributed by atoms with Crippen LogP contribution in [0.4, 0.5) is 0 Å². The minimum absolute atomic E-state index is 0.260. The van der Waals surface area contributed by atoms with E-state index >= 15 is 0 Å². The van der Waals surface area contributed by atoms with Gasteiger partial charge in [-0.2, -0.15) is 0 Å². The molecule has 2 N–H and O–H groups in total. The average molecular weight is 414 g/mol. The molecule has 0 radical (unpaired) electrons. The van der Waals surface area contributed by atoms with E-state index in [9.17, 15) is 4.79 Å². The zero-order valence-electron chi connectivity index (χ0n) is 18.9. The van der Waals surface area contributed by atoms with Crippen LogP contribution in [0, 0.1) is 5.92 Å². The molecule has 2 atom stereocenters. The van der Waals surface area contributed by atoms with Crippen molar-refractivity contribution in [3.05, 3.63) is 35.9 Å². The number of amides is 1. The summed E-state index contributed by atoms with van der Waals surface area (Å²) in [6.07, 6.45) is 6.84. The maximum Gasteiger partial charge on any atom is 0.225 e. The number of carbonyl (C=O) groups is 1. The fourth-order valence-electron chi connectivity index (χ4n) is 4.50. The molecule has 2 unspecified atom stereocenters. The molecule has 166 valence electrons. The van der Waals surface area contributed by atoms with Gasteiger partial charge in [0.25, 0.3) is 0 Å². The van der Waals surface area contributed by atoms with Crippen LogP contribution in [0.1, 0.15) is 51.0 Å². The molecule has 1 amide bonds. The molecule has 6 heteroatoms. The van der Waals surface area contributed by atoms with E-state index in [1.54, 1.807) is 0 Å². The van der Waals surface area contributed by atoms with E-state index in [0.29, 0.717) is 11.9 Å². The van der Waals surface area contributed by atoms with Gasteiger partial charge in [0.1, 0.15) is 0 Å². The molecule has 1 aliphatic heterocycles. The molecule has 2 fully saturated rings. The van der Waals surface area contributed by atoms with Gasteiger partial charge in [-0.1, -0.05) is 49.6 Å². The maximum atomic E-state index is 12.8. The zero-order valence-corrected chi connectivity index (χ0v) is 18.9. The molecule has 1 saturated heterocycles. The molecule has 1 aromatic rings. The normalized spacial score (nSPS) is 21.7. The second kappa shape index (κ2) is 11.3. The molecule has 6 nitrogen and oxygen atoms in total. The number of aliphatic imine (C=N–C) groups is 1. The smallest absolute Gasteiger partial charge is 0.225 e. The molecule has 1 aromatic carbocycles. The first kappa shape index (κ1) is 22.6. The van der Waals surface area contributed by atoms with Crippen LogP contribution in [0.15, 0.2) is 35.3 Å². The molecule has 0 aromatic heterocycles. The monoisotopic (exact) mass is 413 g/mol. The number of hydrogen-bond donors (Lipinski definition) is 2. The molecule has 1 saturated carbocycles. The van der Waals surface area contributed by atoms with Crippen molar-refractivity contribution in [2.45, 2.75) is 64.1 Å². The summed E-state index contributed by atoms with van der Waals surface area (Å²) in [6, 6.07) is 11.2. The Hall–Kier alpha value is -2.08. The molecule has 0 spiro atoms. The Morgan fingerprint density at radius 3 is 2.63 bits per heavy atom. The van der Waals surface area contributed by atoms with Gasteiger partial charge in [-0.15, -0.1) is 0 Å². The van der Waals surface area contributed by atoms with Gasteiger partial charge in [0.15, 0.2) is 5.96 Å². The third-order valence-corrected chi connectivity index (χ3v) is 6.61. The summed E-state index contributed by atoms with van der Waals surface area (Å²) in [7, 11) is 3.97. The highest BCUT2D eigenvalue weighted by atomic mass is 16.2. The predicted octanol–water partition coefficient (Wildman–Crippen LogP) is 2.85. The summed E-state index contributed by atoms with van der Waals surface area (Å²) in [6.45, 7) is 5.63. The maximum absolute atomic E-state index is 12.8. The van der Waals surface area contributed by atoms with Crippen LogP contribution in [0.3, 0.4) is 0 Å². The molecule has 0 bridgehead atoms. The van der Waals surface area contributed by atoms with Crippen molar-refractivity contribution in [3.8, 4) is 0 Å². The van der Waals surface area contributed by atoms with Crippen molar-refractivity contribution in [3.63, 3.8) is 0 Å². The summed E-state index contributed by atoms with van der Waals surface area (Å²) < 4.78 is 0. The lowest BCUT2D eigenvalue weighted by Crippen LogP contribution is -2.48. The number of likely N-dealkylation sites (N-methyl/N-ethyl adjacent to an activating group) is 1. The van der Waals surface area contributed by atoms with Crippen molar-refractivity contribution < 1.29 is 4.79 Å². The molecule has 30 heavy (non-hydrogen) atoms. The van der Waals surface area contributed by atoms with Gasteiger partial charge in [0.05, 0.1) is 0 Å². The van der Waals surface area contributed by atoms with E-state index in [0.717, 1.165) is 51.4 Å². The van der Waals surface area contributed by atoms with Crippen molar-refractivity contribution >= 4 is 11.9 Å². The Bertz CT molecular complexity index is 686. The van der Waals surface area contributed by atoms with Crippen LogP contribution in [0.25, 0.3) is 0 Å². The molecular formula is C24H39N5O. The Kier molecular flexibility index (Phi) is 8.55. The summed E-state index contributed by atoms with van der Waals surface area (Å²) in [4.78, 5) is 21.6. The second-order valence-corrected chi connectivity index (χ2v) is 8.95. The van der Waals surface area contributed by atoms with Gasteiger partial charge in [-0.25, -0.2) is 0 Å². The predicted molar refractivity (Wildman–Crippen MR) is 123 cm³/mol. The van der Waals surface area contributed by atoms with Crippen LogP contribution >= 0.6 is 0 Å². The summed E-state index contributed by atoms with van der Waals surface area (Å²) >= 11 is 0. The number of nitrogens with one attached hydrogen (secondary N) is 2. The van der Waals surface area contributed by atoms with Gasteiger partial charge >= 0.3 is 0 Å². The second-order valence-electron chi connectivity index (χ2n) is 8.95. The van der Waals surface area contributed by atoms with Gasteiger partial charge in [0, 0.05) is 51.2 Å². The van der Waals surface area contributed by atoms with Gasteiger partial charge in [-0.05, 0) is 38.8 Å². The van der Waals surface area contributed by atoms with Gasteiger partial charge in [-0.3, -0.25) is 14.7 Å². The van der Waals surface area contributed by atoms with Gasteiger partial charge in [0.2, 0.25) is 5.91 Å². The lowest BCUT2D eigenvalue weighted by atomic mass is 9.88. The van der Waals surface area contributed by atoms with E-state index in [1.807, 2.05) is 7.05 Å². The summed E-state index contributed by atoms with van der Waals surface area (Å²) in [5, 5.41) is 6.99. The van der Waals surface area contributed by atoms with E-state index in [4.69, 9.17) is 0 Å². The molecular weight excluding hydrogens is 374 g/mol. The minimum Gasteiger partial charge on any atom is -0.355 e. The first-order chi connectivity index (χ1) is 14.6. The van der Waals surface area contributed by atoms with Crippen molar-refractivity contribution in [1.82, 2.24) is 20.4 Å². The van der Waals surface area contributed by atoms with E-state index in [2.05, 4.69) is 69.7 Å². The first-order valence-corrected chi connectivity index (χ1v) is 11.6. The highest BCUT2D eigenvalue weighted by Crippen LogP contribution is 2.26. The van der Waals surface area contributed by atoms with Crippen molar-refractivity contribution in [1.29, 1.82) is 0 Å². The van der Waals surface area contributed by atoms with E-state index in [1.165, 1.54) is 24.8 Å². The number of benzene rings is 1. The summed E-state index contributed by atoms with van der Waals surface area (Å²) in [5.41, 5.74) is 1.32. The number of guanidine groups is 1. The summed E-state index contributed by atoms with van der Waals surface area (Å²) in [5.74, 6) is 1.46. The standard InChI is InChI=1S/C24H39N5O/c1-19(28(3)17-20-10-6-4-7-11-20)16-26-24(25-2)27-22-14-15-29(18-22)23(30)21-12-8-5-9-13-21/h4,6-7,10-11,19,21-22H,5,8-9,12-18H2,1-3H3,(H2,25,26,27). The highest BCUT2D eigenvalue weighted by molar-refractivity contribution is 5.81. The topological polar surface area (TPSA) is 60.0 Å². The van der Waals surface area contributed by atoms with E-state index in [-0.39, 0.29) is 12.0 Å². The SMILES string of the molecule is CN=C(NCC(C)N(C)Cc1ccccc1)NC1CCN(C(=O)C2CCCCC2)C1. The third-order valence-electron chi connectivity index (χ3n) is 6.61. The van der Waals surface area contributed by atoms with Crippen molar-refractivity contribution in [2.75, 3.05) is 33.7 Å². The Morgan fingerprint density at radius 1 is 1.20 bits per heavy atom. The first-order valence-electron chi connectivity index (χ1n) is 11.6. The molecule has 3 rings (SSSR count). The number of hydrogen-bond acceptors (Lipinski definition) is 3. The lowest BCUT2D eigenvalue weighted by Gasteiger charge is -2.27. The molecule has 1 heterocycles. The number of rotatable bonds is 7. The number of carbonyl (C=O) groups excluding carboxylic acids is 1. The van der Waals surface area contributed by atoms with Gasteiger partial charge < -0.3 is 15.5 Å². The number of nitrogens with zero attached hydrogens (tertiary/aromatic N) is 3. The van der Waals surface area contributed by atoms with Crippen molar-refractivity contribution in [2.24, 2.45) is 10.9 Å². The average Bonchev–Trinajstić information content (AvgIpc) is 3.25.